The standard InChI is InChI=1S/C29H25N3O5/c1-16-9-5-6-10-18(16)24-23-25(30(2)29(35)31(3)28(23)34)26-27(17-13-14-22(36-4)20(33)15-17)37-21-12-8-7-11-19(21)32(24)26/h5-15,27,33H,1-4H3. The van der Waals surface area contributed by atoms with E-state index < -0.39 is 11.8 Å². The summed E-state index contributed by atoms with van der Waals surface area (Å²) in [6, 6.07) is 20.5. The van der Waals surface area contributed by atoms with Gasteiger partial charge in [-0.15, -0.1) is 0 Å². The largest absolute Gasteiger partial charge is 0.504 e. The van der Waals surface area contributed by atoms with Crippen molar-refractivity contribution < 1.29 is 14.6 Å². The van der Waals surface area contributed by atoms with Gasteiger partial charge >= 0.3 is 5.69 Å². The van der Waals surface area contributed by atoms with E-state index in [1.54, 1.807) is 19.2 Å². The molecular weight excluding hydrogens is 470 g/mol. The van der Waals surface area contributed by atoms with Crippen LogP contribution in [0.25, 0.3) is 27.8 Å². The number of benzene rings is 3. The molecule has 0 radical (unpaired) electrons. The Morgan fingerprint density at radius 1 is 0.946 bits per heavy atom. The van der Waals surface area contributed by atoms with Crippen molar-refractivity contribution in [1.82, 2.24) is 13.7 Å². The van der Waals surface area contributed by atoms with Gasteiger partial charge in [-0.2, -0.15) is 0 Å². The molecule has 1 aliphatic heterocycles. The summed E-state index contributed by atoms with van der Waals surface area (Å²) in [6.07, 6.45) is -0.718. The van der Waals surface area contributed by atoms with Gasteiger partial charge in [0.1, 0.15) is 5.75 Å². The highest BCUT2D eigenvalue weighted by Crippen LogP contribution is 2.47. The van der Waals surface area contributed by atoms with Crippen molar-refractivity contribution in [1.29, 1.82) is 0 Å². The zero-order chi connectivity index (χ0) is 26.0. The highest BCUT2D eigenvalue weighted by molar-refractivity contribution is 5.98. The first-order valence-electron chi connectivity index (χ1n) is 11.9. The third-order valence-corrected chi connectivity index (χ3v) is 7.11. The van der Waals surface area contributed by atoms with Crippen LogP contribution >= 0.6 is 0 Å². The molecule has 0 amide bonds. The average Bonchev–Trinajstić information content (AvgIpc) is 3.27. The third kappa shape index (κ3) is 3.15. The topological polar surface area (TPSA) is 87.6 Å². The lowest BCUT2D eigenvalue weighted by Gasteiger charge is -2.30. The van der Waals surface area contributed by atoms with Crippen molar-refractivity contribution in [2.75, 3.05) is 7.11 Å². The van der Waals surface area contributed by atoms with E-state index in [1.807, 2.05) is 66.1 Å². The van der Waals surface area contributed by atoms with E-state index in [0.29, 0.717) is 39.4 Å². The molecular formula is C29H25N3O5. The number of hydrogen-bond donors (Lipinski definition) is 1. The Bertz CT molecular complexity index is 1840. The fourth-order valence-electron chi connectivity index (χ4n) is 5.30. The van der Waals surface area contributed by atoms with E-state index in [-0.39, 0.29) is 11.3 Å². The number of aromatic nitrogens is 3. The molecule has 1 atom stereocenters. The fourth-order valence-corrected chi connectivity index (χ4v) is 5.30. The Morgan fingerprint density at radius 3 is 2.41 bits per heavy atom. The zero-order valence-electron chi connectivity index (χ0n) is 20.9. The second-order valence-electron chi connectivity index (χ2n) is 9.21. The number of nitrogens with zero attached hydrogens (tertiary/aromatic N) is 3. The van der Waals surface area contributed by atoms with Crippen molar-refractivity contribution in [3.05, 3.63) is 104 Å². The maximum Gasteiger partial charge on any atom is 0.331 e. The lowest BCUT2D eigenvalue weighted by molar-refractivity contribution is 0.228. The van der Waals surface area contributed by atoms with Crippen LogP contribution in [0.4, 0.5) is 0 Å². The lowest BCUT2D eigenvalue weighted by atomic mass is 10.0. The molecule has 8 nitrogen and oxygen atoms in total. The minimum Gasteiger partial charge on any atom is -0.504 e. The van der Waals surface area contributed by atoms with E-state index >= 15 is 0 Å². The number of phenolic OH excluding ortho intramolecular Hbond substituents is 1. The summed E-state index contributed by atoms with van der Waals surface area (Å²) < 4.78 is 16.4. The number of para-hydroxylation sites is 2. The van der Waals surface area contributed by atoms with Crippen LogP contribution < -0.4 is 20.7 Å². The summed E-state index contributed by atoms with van der Waals surface area (Å²) in [4.78, 5) is 26.9. The molecule has 0 fully saturated rings. The molecule has 0 saturated carbocycles. The Hall–Kier alpha value is -4.72. The highest BCUT2D eigenvalue weighted by atomic mass is 16.5. The van der Waals surface area contributed by atoms with Gasteiger partial charge in [0, 0.05) is 25.2 Å². The Morgan fingerprint density at radius 2 is 1.68 bits per heavy atom. The Kier molecular flexibility index (Phi) is 5.01. The number of rotatable bonds is 3. The van der Waals surface area contributed by atoms with E-state index in [1.165, 1.54) is 18.7 Å². The SMILES string of the molecule is COc1ccc(C2Oc3ccccc3-n3c(-c4ccccc4C)c4c(=O)n(C)c(=O)n(C)c4c32)cc1O. The number of phenols is 1. The highest BCUT2D eigenvalue weighted by Gasteiger charge is 2.36. The predicted octanol–water partition coefficient (Wildman–Crippen LogP) is 4.20. The molecule has 8 heteroatoms. The number of aryl methyl sites for hydroxylation is 2. The van der Waals surface area contributed by atoms with Gasteiger partial charge in [-0.25, -0.2) is 4.79 Å². The molecule has 0 bridgehead atoms. The first kappa shape index (κ1) is 22.7. The normalized spacial score (nSPS) is 14.2. The predicted molar refractivity (Wildman–Crippen MR) is 141 cm³/mol. The van der Waals surface area contributed by atoms with Crippen LogP contribution in [-0.2, 0) is 14.1 Å². The van der Waals surface area contributed by atoms with Crippen LogP contribution in [0.1, 0.15) is 22.9 Å². The van der Waals surface area contributed by atoms with Gasteiger partial charge in [0.15, 0.2) is 17.6 Å². The van der Waals surface area contributed by atoms with Gasteiger partial charge in [-0.05, 0) is 36.8 Å². The van der Waals surface area contributed by atoms with Crippen molar-refractivity contribution in [2.45, 2.75) is 13.0 Å². The summed E-state index contributed by atoms with van der Waals surface area (Å²) in [5.41, 5.74) is 4.27. The van der Waals surface area contributed by atoms with Crippen molar-refractivity contribution in [2.24, 2.45) is 14.1 Å². The third-order valence-electron chi connectivity index (χ3n) is 7.11. The summed E-state index contributed by atoms with van der Waals surface area (Å²) in [5.74, 6) is 0.920. The minimum absolute atomic E-state index is 0.0335. The molecule has 0 aliphatic carbocycles. The molecule has 1 aliphatic rings. The fraction of sp³-hybridized carbons (Fsp3) is 0.172. The summed E-state index contributed by atoms with van der Waals surface area (Å²) in [5, 5.41) is 11.0. The van der Waals surface area contributed by atoms with Crippen molar-refractivity contribution in [3.8, 4) is 34.2 Å². The average molecular weight is 496 g/mol. The quantitative estimate of drug-likeness (QED) is 0.405. The Balaban J connectivity index is 1.84. The second-order valence-corrected chi connectivity index (χ2v) is 9.21. The molecule has 3 aromatic carbocycles. The van der Waals surface area contributed by atoms with Gasteiger partial charge < -0.3 is 19.1 Å². The molecule has 0 saturated heterocycles. The summed E-state index contributed by atoms with van der Waals surface area (Å²) >= 11 is 0. The molecule has 6 rings (SSSR count). The molecule has 0 spiro atoms. The molecule has 1 unspecified atom stereocenters. The molecule has 1 N–H and O–H groups in total. The molecule has 5 aromatic rings. The van der Waals surface area contributed by atoms with Crippen LogP contribution in [0.15, 0.2) is 76.3 Å². The first-order chi connectivity index (χ1) is 17.8. The van der Waals surface area contributed by atoms with Crippen LogP contribution in [0.5, 0.6) is 17.2 Å². The van der Waals surface area contributed by atoms with Gasteiger partial charge in [-0.3, -0.25) is 13.9 Å². The summed E-state index contributed by atoms with van der Waals surface area (Å²) in [6.45, 7) is 2.00. The zero-order valence-corrected chi connectivity index (χ0v) is 20.9. The van der Waals surface area contributed by atoms with Crippen LogP contribution in [0.2, 0.25) is 0 Å². The van der Waals surface area contributed by atoms with Crippen molar-refractivity contribution in [3.63, 3.8) is 0 Å². The number of methoxy groups -OCH3 is 1. The van der Waals surface area contributed by atoms with E-state index in [9.17, 15) is 14.7 Å². The van der Waals surface area contributed by atoms with Crippen LogP contribution in [0, 0.1) is 6.92 Å². The smallest absolute Gasteiger partial charge is 0.331 e. The van der Waals surface area contributed by atoms with Crippen molar-refractivity contribution >= 4 is 10.9 Å². The van der Waals surface area contributed by atoms with Crippen LogP contribution in [0.3, 0.4) is 0 Å². The number of aromatic hydroxyl groups is 1. The minimum atomic E-state index is -0.718. The maximum absolute atomic E-state index is 13.8. The van der Waals surface area contributed by atoms with Gasteiger partial charge in [0.2, 0.25) is 0 Å². The van der Waals surface area contributed by atoms with E-state index in [4.69, 9.17) is 9.47 Å². The maximum atomic E-state index is 13.8. The monoisotopic (exact) mass is 495 g/mol. The van der Waals surface area contributed by atoms with Gasteiger partial charge in [0.25, 0.3) is 5.56 Å². The van der Waals surface area contributed by atoms with Gasteiger partial charge in [0.05, 0.1) is 35.1 Å². The molecule has 186 valence electrons. The van der Waals surface area contributed by atoms with E-state index in [0.717, 1.165) is 21.4 Å². The lowest BCUT2D eigenvalue weighted by Crippen LogP contribution is -2.37. The Labute approximate surface area is 212 Å². The van der Waals surface area contributed by atoms with E-state index in [2.05, 4.69) is 0 Å². The molecule has 2 aromatic heterocycles. The molecule has 3 heterocycles. The number of fused-ring (bicyclic) bond motifs is 5. The summed E-state index contributed by atoms with van der Waals surface area (Å²) in [7, 11) is 4.64. The number of ether oxygens (including phenoxy) is 2. The number of hydrogen-bond acceptors (Lipinski definition) is 5. The second kappa shape index (κ2) is 8.16. The first-order valence-corrected chi connectivity index (χ1v) is 11.9. The van der Waals surface area contributed by atoms with Gasteiger partial charge in [-0.1, -0.05) is 42.5 Å². The molecule has 37 heavy (non-hydrogen) atoms. The van der Waals surface area contributed by atoms with Crippen LogP contribution in [-0.4, -0.2) is 25.9 Å².